The Morgan fingerprint density at radius 1 is 1.23 bits per heavy atom. The van der Waals surface area contributed by atoms with Gasteiger partial charge in [-0.25, -0.2) is 28.1 Å². The number of hydrogen-bond acceptors (Lipinski definition) is 9. The Hall–Kier alpha value is -2.35. The molecule has 1 fully saturated rings. The maximum atomic E-state index is 12.6. The van der Waals surface area contributed by atoms with Gasteiger partial charge in [-0.05, 0) is 24.6 Å². The number of aliphatic hydroxyl groups is 2. The number of aromatic nitrogens is 4. The second-order valence-corrected chi connectivity index (χ2v) is 9.28. The number of halogens is 1. The van der Waals surface area contributed by atoms with Crippen molar-refractivity contribution >= 4 is 38.6 Å². The smallest absolute Gasteiger partial charge is 0.240 e. The second-order valence-electron chi connectivity index (χ2n) is 7.11. The fraction of sp³-hybridized carbons (Fsp3) is 0.389. The highest BCUT2D eigenvalue weighted by Gasteiger charge is 2.44. The maximum absolute atomic E-state index is 12.6. The van der Waals surface area contributed by atoms with E-state index in [0.29, 0.717) is 22.0 Å². The van der Waals surface area contributed by atoms with Crippen LogP contribution in [-0.4, -0.2) is 70.1 Å². The van der Waals surface area contributed by atoms with Gasteiger partial charge in [0.2, 0.25) is 10.0 Å². The SMILES string of the molecule is CNc1ncnc2c1ncn2[C@@H]1O[C@H](CNS(=O)(=O)c2ccc(C)c(Cl)c2)[C@@H](O)[C@H]1O. The molecule has 3 aromatic rings. The van der Waals surface area contributed by atoms with E-state index in [2.05, 4.69) is 25.0 Å². The zero-order valence-corrected chi connectivity index (χ0v) is 18.2. The molecule has 1 aromatic carbocycles. The summed E-state index contributed by atoms with van der Waals surface area (Å²) in [5.74, 6) is 0.498. The van der Waals surface area contributed by atoms with Crippen molar-refractivity contribution in [1.29, 1.82) is 0 Å². The number of aliphatic hydroxyl groups excluding tert-OH is 2. The molecule has 11 nitrogen and oxygen atoms in total. The van der Waals surface area contributed by atoms with Gasteiger partial charge in [0, 0.05) is 18.6 Å². The van der Waals surface area contributed by atoms with Crippen LogP contribution in [-0.2, 0) is 14.8 Å². The quantitative estimate of drug-likeness (QED) is 0.403. The number of nitrogens with one attached hydrogen (secondary N) is 2. The number of fused-ring (bicyclic) bond motifs is 1. The number of rotatable bonds is 6. The van der Waals surface area contributed by atoms with Crippen LogP contribution in [0.5, 0.6) is 0 Å². The van der Waals surface area contributed by atoms with Crippen molar-refractivity contribution in [3.05, 3.63) is 41.4 Å². The number of anilines is 1. The minimum Gasteiger partial charge on any atom is -0.387 e. The van der Waals surface area contributed by atoms with Crippen LogP contribution in [0.3, 0.4) is 0 Å². The minimum absolute atomic E-state index is 0.00964. The van der Waals surface area contributed by atoms with Gasteiger partial charge < -0.3 is 20.3 Å². The van der Waals surface area contributed by atoms with E-state index in [0.717, 1.165) is 5.56 Å². The fourth-order valence-electron chi connectivity index (χ4n) is 3.36. The fourth-order valence-corrected chi connectivity index (χ4v) is 4.68. The van der Waals surface area contributed by atoms with E-state index in [1.807, 2.05) is 0 Å². The first-order chi connectivity index (χ1) is 14.7. The molecular weight excluding hydrogens is 448 g/mol. The van der Waals surface area contributed by atoms with E-state index in [-0.39, 0.29) is 11.4 Å². The van der Waals surface area contributed by atoms with Crippen molar-refractivity contribution in [1.82, 2.24) is 24.2 Å². The van der Waals surface area contributed by atoms with Crippen LogP contribution in [0.25, 0.3) is 11.2 Å². The van der Waals surface area contributed by atoms with Gasteiger partial charge in [0.1, 0.15) is 30.2 Å². The molecule has 166 valence electrons. The molecular formula is C18H21ClN6O5S. The molecule has 31 heavy (non-hydrogen) atoms. The van der Waals surface area contributed by atoms with Gasteiger partial charge in [-0.1, -0.05) is 17.7 Å². The summed E-state index contributed by atoms with van der Waals surface area (Å²) >= 11 is 6.02. The average Bonchev–Trinajstić information content (AvgIpc) is 3.30. The number of benzene rings is 1. The molecule has 3 heterocycles. The third-order valence-electron chi connectivity index (χ3n) is 5.14. The van der Waals surface area contributed by atoms with Crippen molar-refractivity contribution in [3.63, 3.8) is 0 Å². The summed E-state index contributed by atoms with van der Waals surface area (Å²) < 4.78 is 34.8. The van der Waals surface area contributed by atoms with Crippen LogP contribution in [0.4, 0.5) is 5.82 Å². The second kappa shape index (κ2) is 8.30. The summed E-state index contributed by atoms with van der Waals surface area (Å²) in [6.45, 7) is 1.51. The van der Waals surface area contributed by atoms with Crippen LogP contribution in [0.2, 0.25) is 5.02 Å². The van der Waals surface area contributed by atoms with Crippen molar-refractivity contribution in [2.24, 2.45) is 0 Å². The molecule has 0 aliphatic carbocycles. The minimum atomic E-state index is -3.90. The lowest BCUT2D eigenvalue weighted by atomic mass is 10.1. The van der Waals surface area contributed by atoms with Gasteiger partial charge in [0.15, 0.2) is 17.7 Å². The summed E-state index contributed by atoms with van der Waals surface area (Å²) in [5, 5.41) is 24.2. The summed E-state index contributed by atoms with van der Waals surface area (Å²) in [6.07, 6.45) is -1.92. The van der Waals surface area contributed by atoms with Crippen molar-refractivity contribution in [2.45, 2.75) is 36.4 Å². The molecule has 13 heteroatoms. The Kier molecular flexibility index (Phi) is 5.85. The highest BCUT2D eigenvalue weighted by Crippen LogP contribution is 2.32. The van der Waals surface area contributed by atoms with E-state index in [1.54, 1.807) is 20.0 Å². The zero-order chi connectivity index (χ0) is 22.3. The molecule has 1 aliphatic rings. The van der Waals surface area contributed by atoms with Gasteiger partial charge in [0.25, 0.3) is 0 Å². The molecule has 0 unspecified atom stereocenters. The first-order valence-corrected chi connectivity index (χ1v) is 11.2. The van der Waals surface area contributed by atoms with Crippen molar-refractivity contribution in [3.8, 4) is 0 Å². The number of aryl methyl sites for hydroxylation is 1. The molecule has 0 saturated carbocycles. The van der Waals surface area contributed by atoms with Gasteiger partial charge >= 0.3 is 0 Å². The Bertz CT molecular complexity index is 1220. The number of ether oxygens (including phenoxy) is 1. The van der Waals surface area contributed by atoms with Gasteiger partial charge in [-0.2, -0.15) is 0 Å². The normalized spacial score (nSPS) is 24.0. The summed E-state index contributed by atoms with van der Waals surface area (Å²) in [4.78, 5) is 12.5. The van der Waals surface area contributed by atoms with Gasteiger partial charge in [-0.15, -0.1) is 0 Å². The third kappa shape index (κ3) is 3.97. The molecule has 1 saturated heterocycles. The Morgan fingerprint density at radius 3 is 2.71 bits per heavy atom. The third-order valence-corrected chi connectivity index (χ3v) is 6.96. The lowest BCUT2D eigenvalue weighted by Crippen LogP contribution is -2.39. The average molecular weight is 469 g/mol. The maximum Gasteiger partial charge on any atom is 0.240 e. The molecule has 0 spiro atoms. The van der Waals surface area contributed by atoms with Gasteiger partial charge in [-0.3, -0.25) is 4.57 Å². The Morgan fingerprint density at radius 2 is 2.00 bits per heavy atom. The van der Waals surface area contributed by atoms with Gasteiger partial charge in [0.05, 0.1) is 11.2 Å². The van der Waals surface area contributed by atoms with Crippen LogP contribution < -0.4 is 10.0 Å². The van der Waals surface area contributed by atoms with Crippen LogP contribution >= 0.6 is 11.6 Å². The predicted octanol–water partition coefficient (Wildman–Crippen LogP) is 0.428. The lowest BCUT2D eigenvalue weighted by molar-refractivity contribution is -0.0330. The largest absolute Gasteiger partial charge is 0.387 e. The van der Waals surface area contributed by atoms with E-state index in [4.69, 9.17) is 16.3 Å². The lowest BCUT2D eigenvalue weighted by Gasteiger charge is -2.16. The molecule has 2 aromatic heterocycles. The predicted molar refractivity (Wildman–Crippen MR) is 112 cm³/mol. The summed E-state index contributed by atoms with van der Waals surface area (Å²) in [6, 6.07) is 4.38. The van der Waals surface area contributed by atoms with Crippen molar-refractivity contribution < 1.29 is 23.4 Å². The standard InChI is InChI=1S/C18H21ClN6O5S/c1-9-3-4-10(5-11(9)19)31(28,29)24-6-12-14(26)15(27)18(30-12)25-8-23-13-16(20-2)21-7-22-17(13)25/h3-5,7-8,12,14-15,18,24,26-27H,6H2,1-2H3,(H,20,21,22)/t12-,14-,15-,18-/m1/s1. The van der Waals surface area contributed by atoms with E-state index in [1.165, 1.54) is 29.4 Å². The number of nitrogens with zero attached hydrogens (tertiary/aromatic N) is 4. The highest BCUT2D eigenvalue weighted by molar-refractivity contribution is 7.89. The number of imidazole rings is 1. The zero-order valence-electron chi connectivity index (χ0n) is 16.6. The molecule has 4 atom stereocenters. The van der Waals surface area contributed by atoms with Crippen LogP contribution in [0.1, 0.15) is 11.8 Å². The molecule has 4 rings (SSSR count). The molecule has 4 N–H and O–H groups in total. The number of hydrogen-bond donors (Lipinski definition) is 4. The van der Waals surface area contributed by atoms with Crippen molar-refractivity contribution in [2.75, 3.05) is 18.9 Å². The van der Waals surface area contributed by atoms with E-state index < -0.39 is 34.6 Å². The summed E-state index contributed by atoms with van der Waals surface area (Å²) in [7, 11) is -2.21. The molecule has 0 amide bonds. The Labute approximate surface area is 183 Å². The first-order valence-electron chi connectivity index (χ1n) is 9.35. The highest BCUT2D eigenvalue weighted by atomic mass is 35.5. The van der Waals surface area contributed by atoms with E-state index in [9.17, 15) is 18.6 Å². The van der Waals surface area contributed by atoms with Crippen LogP contribution in [0.15, 0.2) is 35.7 Å². The monoisotopic (exact) mass is 468 g/mol. The topological polar surface area (TPSA) is 151 Å². The molecule has 0 radical (unpaired) electrons. The molecule has 1 aliphatic heterocycles. The Balaban J connectivity index is 1.52. The van der Waals surface area contributed by atoms with Crippen LogP contribution in [0, 0.1) is 6.92 Å². The summed E-state index contributed by atoms with van der Waals surface area (Å²) in [5.41, 5.74) is 1.61. The molecule has 0 bridgehead atoms. The first kappa shape index (κ1) is 21.9. The number of sulfonamides is 1. The van der Waals surface area contributed by atoms with E-state index >= 15 is 0 Å².